The fourth-order valence-corrected chi connectivity index (χ4v) is 3.63. The molecule has 0 saturated heterocycles. The summed E-state index contributed by atoms with van der Waals surface area (Å²) in [5.74, 6) is -0.214. The third-order valence-corrected chi connectivity index (χ3v) is 5.00. The van der Waals surface area contributed by atoms with E-state index in [1.54, 1.807) is 25.1 Å². The molecule has 0 bridgehead atoms. The van der Waals surface area contributed by atoms with E-state index in [2.05, 4.69) is 16.4 Å². The van der Waals surface area contributed by atoms with Crippen molar-refractivity contribution in [2.24, 2.45) is 0 Å². The number of amides is 1. The zero-order chi connectivity index (χ0) is 18.3. The summed E-state index contributed by atoms with van der Waals surface area (Å²) in [6.07, 6.45) is 1.82. The van der Waals surface area contributed by atoms with Gasteiger partial charge in [0.05, 0.1) is 16.9 Å². The van der Waals surface area contributed by atoms with Gasteiger partial charge in [-0.2, -0.15) is 0 Å². The van der Waals surface area contributed by atoms with E-state index in [-0.39, 0.29) is 17.5 Å². The number of nitrogens with zero attached hydrogens (tertiary/aromatic N) is 1. The molecule has 0 saturated carbocycles. The molecule has 1 amide bonds. The standard InChI is InChI=1S/C20H19N3O3/c1-2-23-19(25)15-9-7-13(11-17(15)22-20(23)26)18(24)21-16-10-8-12-5-3-4-6-14(12)16/h3-7,9,11,16H,2,8,10H2,1H3,(H,21,24)(H,22,26). The molecule has 2 aromatic carbocycles. The number of aryl methyl sites for hydroxylation is 1. The lowest BCUT2D eigenvalue weighted by Gasteiger charge is -2.14. The molecule has 0 aliphatic heterocycles. The number of aromatic amines is 1. The van der Waals surface area contributed by atoms with E-state index in [4.69, 9.17) is 0 Å². The van der Waals surface area contributed by atoms with Gasteiger partial charge >= 0.3 is 5.69 Å². The molecule has 1 aliphatic rings. The number of H-pyrrole nitrogens is 1. The van der Waals surface area contributed by atoms with Crippen LogP contribution in [0, 0.1) is 0 Å². The summed E-state index contributed by atoms with van der Waals surface area (Å²) in [5, 5.41) is 3.45. The fourth-order valence-electron chi connectivity index (χ4n) is 3.63. The first-order chi connectivity index (χ1) is 12.6. The molecule has 1 atom stereocenters. The highest BCUT2D eigenvalue weighted by atomic mass is 16.2. The third kappa shape index (κ3) is 2.63. The van der Waals surface area contributed by atoms with Crippen LogP contribution in [0.25, 0.3) is 10.9 Å². The van der Waals surface area contributed by atoms with Crippen molar-refractivity contribution < 1.29 is 4.79 Å². The minimum Gasteiger partial charge on any atom is -0.345 e. The number of rotatable bonds is 3. The largest absolute Gasteiger partial charge is 0.345 e. The second-order valence-corrected chi connectivity index (χ2v) is 6.50. The van der Waals surface area contributed by atoms with Crippen molar-refractivity contribution in [3.8, 4) is 0 Å². The molecule has 2 N–H and O–H groups in total. The van der Waals surface area contributed by atoms with Crippen LogP contribution in [-0.2, 0) is 13.0 Å². The Balaban J connectivity index is 1.66. The van der Waals surface area contributed by atoms with Crippen molar-refractivity contribution in [3.05, 3.63) is 80.0 Å². The Morgan fingerprint density at radius 3 is 2.85 bits per heavy atom. The van der Waals surface area contributed by atoms with Crippen LogP contribution in [0.15, 0.2) is 52.1 Å². The highest BCUT2D eigenvalue weighted by Gasteiger charge is 2.24. The van der Waals surface area contributed by atoms with Crippen LogP contribution in [0.3, 0.4) is 0 Å². The normalized spacial score (nSPS) is 15.8. The van der Waals surface area contributed by atoms with Crippen molar-refractivity contribution in [1.82, 2.24) is 14.9 Å². The average molecular weight is 349 g/mol. The van der Waals surface area contributed by atoms with Crippen LogP contribution in [0.4, 0.5) is 0 Å². The zero-order valence-electron chi connectivity index (χ0n) is 14.4. The van der Waals surface area contributed by atoms with Crippen LogP contribution in [0.1, 0.15) is 40.9 Å². The van der Waals surface area contributed by atoms with Crippen molar-refractivity contribution in [3.63, 3.8) is 0 Å². The molecular weight excluding hydrogens is 330 g/mol. The van der Waals surface area contributed by atoms with Gasteiger partial charge in [-0.25, -0.2) is 4.79 Å². The van der Waals surface area contributed by atoms with Gasteiger partial charge in [0.2, 0.25) is 0 Å². The van der Waals surface area contributed by atoms with Crippen LogP contribution < -0.4 is 16.6 Å². The van der Waals surface area contributed by atoms with Crippen LogP contribution in [0.2, 0.25) is 0 Å². The number of fused-ring (bicyclic) bond motifs is 2. The number of carbonyl (C=O) groups is 1. The van der Waals surface area contributed by atoms with Crippen molar-refractivity contribution in [1.29, 1.82) is 0 Å². The van der Waals surface area contributed by atoms with Gasteiger partial charge in [-0.3, -0.25) is 14.2 Å². The molecular formula is C20H19N3O3. The van der Waals surface area contributed by atoms with Gasteiger partial charge in [0, 0.05) is 12.1 Å². The first-order valence-corrected chi connectivity index (χ1v) is 8.74. The lowest BCUT2D eigenvalue weighted by atomic mass is 10.1. The van der Waals surface area contributed by atoms with E-state index >= 15 is 0 Å². The van der Waals surface area contributed by atoms with Gasteiger partial charge in [-0.1, -0.05) is 24.3 Å². The number of carbonyl (C=O) groups excluding carboxylic acids is 1. The Morgan fingerprint density at radius 2 is 2.04 bits per heavy atom. The Hall–Kier alpha value is -3.15. The summed E-state index contributed by atoms with van der Waals surface area (Å²) in [5.41, 5.74) is 2.41. The minimum atomic E-state index is -0.465. The maximum absolute atomic E-state index is 12.7. The molecule has 0 spiro atoms. The lowest BCUT2D eigenvalue weighted by Crippen LogP contribution is -2.34. The molecule has 1 aromatic heterocycles. The zero-order valence-corrected chi connectivity index (χ0v) is 14.4. The molecule has 4 rings (SSSR count). The maximum Gasteiger partial charge on any atom is 0.328 e. The summed E-state index contributed by atoms with van der Waals surface area (Å²) in [4.78, 5) is 39.7. The van der Waals surface area contributed by atoms with Gasteiger partial charge in [0.15, 0.2) is 0 Å². The van der Waals surface area contributed by atoms with Gasteiger partial charge in [0.1, 0.15) is 0 Å². The predicted octanol–water partition coefficient (Wildman–Crippen LogP) is 2.13. The SMILES string of the molecule is CCn1c(=O)[nH]c2cc(C(=O)NC3CCc4ccccc43)ccc2c1=O. The van der Waals surface area contributed by atoms with Crippen LogP contribution >= 0.6 is 0 Å². The molecule has 1 aliphatic carbocycles. The predicted molar refractivity (Wildman–Crippen MR) is 99.5 cm³/mol. The molecule has 0 radical (unpaired) electrons. The monoisotopic (exact) mass is 349 g/mol. The van der Waals surface area contributed by atoms with E-state index in [1.165, 1.54) is 5.56 Å². The van der Waals surface area contributed by atoms with Gasteiger partial charge in [-0.05, 0) is 49.1 Å². The second kappa shape index (κ2) is 6.29. The summed E-state index contributed by atoms with van der Waals surface area (Å²) in [6, 6.07) is 12.9. The Kier molecular flexibility index (Phi) is 3.95. The maximum atomic E-state index is 12.7. The van der Waals surface area contributed by atoms with Gasteiger partial charge < -0.3 is 10.3 Å². The number of nitrogens with one attached hydrogen (secondary N) is 2. The molecule has 0 fully saturated rings. The molecule has 6 heteroatoms. The molecule has 132 valence electrons. The van der Waals surface area contributed by atoms with E-state index in [0.717, 1.165) is 23.0 Å². The summed E-state index contributed by atoms with van der Waals surface area (Å²) < 4.78 is 1.14. The van der Waals surface area contributed by atoms with Gasteiger partial charge in [0.25, 0.3) is 11.5 Å². The molecule has 6 nitrogen and oxygen atoms in total. The number of benzene rings is 2. The van der Waals surface area contributed by atoms with Crippen LogP contribution in [0.5, 0.6) is 0 Å². The van der Waals surface area contributed by atoms with Gasteiger partial charge in [-0.15, -0.1) is 0 Å². The second-order valence-electron chi connectivity index (χ2n) is 6.50. The fraction of sp³-hybridized carbons (Fsp3) is 0.250. The summed E-state index contributed by atoms with van der Waals surface area (Å²) in [7, 11) is 0. The van der Waals surface area contributed by atoms with E-state index < -0.39 is 5.69 Å². The molecule has 26 heavy (non-hydrogen) atoms. The first-order valence-electron chi connectivity index (χ1n) is 8.74. The van der Waals surface area contributed by atoms with Crippen LogP contribution in [-0.4, -0.2) is 15.5 Å². The summed E-state index contributed by atoms with van der Waals surface area (Å²) >= 11 is 0. The van der Waals surface area contributed by atoms with E-state index in [0.29, 0.717) is 23.0 Å². The van der Waals surface area contributed by atoms with Crippen molar-refractivity contribution >= 4 is 16.8 Å². The first kappa shape index (κ1) is 16.3. The minimum absolute atomic E-state index is 0.0125. The number of hydrogen-bond donors (Lipinski definition) is 2. The summed E-state index contributed by atoms with van der Waals surface area (Å²) in [6.45, 7) is 2.04. The van der Waals surface area contributed by atoms with E-state index in [9.17, 15) is 14.4 Å². The van der Waals surface area contributed by atoms with Crippen molar-refractivity contribution in [2.75, 3.05) is 0 Å². The smallest absolute Gasteiger partial charge is 0.328 e. The molecule has 3 aromatic rings. The highest BCUT2D eigenvalue weighted by Crippen LogP contribution is 2.30. The number of aromatic nitrogens is 2. The highest BCUT2D eigenvalue weighted by molar-refractivity contribution is 5.97. The molecule has 1 heterocycles. The Bertz CT molecular complexity index is 1130. The quantitative estimate of drug-likeness (QED) is 0.760. The third-order valence-electron chi connectivity index (χ3n) is 5.00. The lowest BCUT2D eigenvalue weighted by molar-refractivity contribution is 0.0937. The van der Waals surface area contributed by atoms with E-state index in [1.807, 2.05) is 18.2 Å². The topological polar surface area (TPSA) is 84.0 Å². The average Bonchev–Trinajstić information content (AvgIpc) is 3.04. The number of hydrogen-bond acceptors (Lipinski definition) is 3. The molecule has 1 unspecified atom stereocenters. The Labute approximate surface area is 149 Å². The van der Waals surface area contributed by atoms with Crippen molar-refractivity contribution in [2.45, 2.75) is 32.4 Å². The Morgan fingerprint density at radius 1 is 1.23 bits per heavy atom.